The van der Waals surface area contributed by atoms with E-state index in [9.17, 15) is 4.79 Å². The van der Waals surface area contributed by atoms with E-state index in [0.717, 1.165) is 16.5 Å². The van der Waals surface area contributed by atoms with Crippen LogP contribution in [0, 0.1) is 13.8 Å². The van der Waals surface area contributed by atoms with Gasteiger partial charge in [0.15, 0.2) is 0 Å². The third-order valence-electron chi connectivity index (χ3n) is 2.99. The summed E-state index contributed by atoms with van der Waals surface area (Å²) in [6.07, 6.45) is 1.61. The van der Waals surface area contributed by atoms with Gasteiger partial charge in [-0.2, -0.15) is 9.78 Å². The van der Waals surface area contributed by atoms with Crippen molar-refractivity contribution in [3.8, 4) is 10.3 Å². The normalized spacial score (nSPS) is 10.8. The Morgan fingerprint density at radius 2 is 1.81 bits per heavy atom. The lowest BCUT2D eigenvalue weighted by Gasteiger charge is -2.04. The third-order valence-corrected chi connectivity index (χ3v) is 3.88. The maximum Gasteiger partial charge on any atom is 0.236 e. The SMILES string of the molecule is CC(=O)Nc1ccnn1-c1nnc(-n2c(C)ccc2C)s1. The van der Waals surface area contributed by atoms with E-state index in [-0.39, 0.29) is 5.91 Å². The minimum absolute atomic E-state index is 0.154. The highest BCUT2D eigenvalue weighted by Gasteiger charge is 2.14. The molecule has 0 aliphatic carbocycles. The van der Waals surface area contributed by atoms with Crippen molar-refractivity contribution in [2.75, 3.05) is 5.32 Å². The molecule has 0 unspecified atom stereocenters. The predicted molar refractivity (Wildman–Crippen MR) is 80.1 cm³/mol. The fraction of sp³-hybridized carbons (Fsp3) is 0.231. The summed E-state index contributed by atoms with van der Waals surface area (Å²) in [6.45, 7) is 5.49. The molecule has 0 radical (unpaired) electrons. The smallest absolute Gasteiger partial charge is 0.236 e. The number of hydrogen-bond donors (Lipinski definition) is 1. The second-order valence-electron chi connectivity index (χ2n) is 4.63. The lowest BCUT2D eigenvalue weighted by atomic mass is 10.5. The Bertz CT molecular complexity index is 780. The summed E-state index contributed by atoms with van der Waals surface area (Å²) >= 11 is 1.41. The van der Waals surface area contributed by atoms with Crippen molar-refractivity contribution in [2.24, 2.45) is 0 Å². The molecule has 0 atom stereocenters. The van der Waals surface area contributed by atoms with Gasteiger partial charge in [-0.15, -0.1) is 10.2 Å². The maximum absolute atomic E-state index is 11.2. The number of hydrogen-bond acceptors (Lipinski definition) is 5. The molecule has 3 aromatic heterocycles. The van der Waals surface area contributed by atoms with E-state index in [1.807, 2.05) is 30.5 Å². The quantitative estimate of drug-likeness (QED) is 0.803. The van der Waals surface area contributed by atoms with E-state index in [4.69, 9.17) is 0 Å². The Hall–Kier alpha value is -2.48. The van der Waals surface area contributed by atoms with Gasteiger partial charge >= 0.3 is 0 Å². The lowest BCUT2D eigenvalue weighted by molar-refractivity contribution is -0.114. The van der Waals surface area contributed by atoms with E-state index in [1.165, 1.54) is 18.3 Å². The van der Waals surface area contributed by atoms with Crippen LogP contribution in [0.2, 0.25) is 0 Å². The van der Waals surface area contributed by atoms with Crippen LogP contribution in [-0.4, -0.2) is 30.5 Å². The van der Waals surface area contributed by atoms with E-state index < -0.39 is 0 Å². The Balaban J connectivity index is 2.00. The number of carbonyl (C=O) groups is 1. The average Bonchev–Trinajstić information content (AvgIpc) is 3.10. The molecule has 0 aliphatic rings. The number of nitrogens with one attached hydrogen (secondary N) is 1. The monoisotopic (exact) mass is 302 g/mol. The molecule has 0 saturated heterocycles. The number of rotatable bonds is 3. The molecule has 0 bridgehead atoms. The molecule has 3 aromatic rings. The van der Waals surface area contributed by atoms with E-state index in [0.29, 0.717) is 10.9 Å². The first-order chi connectivity index (χ1) is 10.1. The van der Waals surface area contributed by atoms with Crippen LogP contribution in [0.4, 0.5) is 5.82 Å². The van der Waals surface area contributed by atoms with Gasteiger partial charge in [0.05, 0.1) is 6.20 Å². The Kier molecular flexibility index (Phi) is 3.30. The summed E-state index contributed by atoms with van der Waals surface area (Å²) in [5.41, 5.74) is 2.19. The molecule has 1 N–H and O–H groups in total. The second kappa shape index (κ2) is 5.13. The number of aromatic nitrogens is 5. The Labute approximate surface area is 125 Å². The van der Waals surface area contributed by atoms with Crippen molar-refractivity contribution in [2.45, 2.75) is 20.8 Å². The van der Waals surface area contributed by atoms with E-state index in [2.05, 4.69) is 20.6 Å². The van der Waals surface area contributed by atoms with Gasteiger partial charge in [0.2, 0.25) is 16.2 Å². The number of carbonyl (C=O) groups excluding carboxylic acids is 1. The molecule has 0 fully saturated rings. The molecule has 3 rings (SSSR count). The molecule has 0 aliphatic heterocycles. The number of nitrogens with zero attached hydrogens (tertiary/aromatic N) is 5. The summed E-state index contributed by atoms with van der Waals surface area (Å²) in [7, 11) is 0. The number of aryl methyl sites for hydroxylation is 2. The minimum atomic E-state index is -0.154. The molecule has 7 nitrogen and oxygen atoms in total. The summed E-state index contributed by atoms with van der Waals surface area (Å²) in [5.74, 6) is 0.421. The molecular formula is C13H14N6OS. The average molecular weight is 302 g/mol. The van der Waals surface area contributed by atoms with Gasteiger partial charge in [0.25, 0.3) is 0 Å². The summed E-state index contributed by atoms with van der Waals surface area (Å²) < 4.78 is 3.60. The zero-order chi connectivity index (χ0) is 15.0. The molecule has 3 heterocycles. The van der Waals surface area contributed by atoms with Crippen LogP contribution in [0.3, 0.4) is 0 Å². The van der Waals surface area contributed by atoms with Crippen LogP contribution < -0.4 is 5.32 Å². The first-order valence-corrected chi connectivity index (χ1v) is 7.19. The lowest BCUT2D eigenvalue weighted by Crippen LogP contribution is -2.10. The number of anilines is 1. The van der Waals surface area contributed by atoms with Crippen molar-refractivity contribution in [1.29, 1.82) is 0 Å². The van der Waals surface area contributed by atoms with Crippen LogP contribution >= 0.6 is 11.3 Å². The highest BCUT2D eigenvalue weighted by atomic mass is 32.1. The molecule has 108 valence electrons. The predicted octanol–water partition coefficient (Wildman–Crippen LogP) is 2.09. The van der Waals surface area contributed by atoms with Crippen LogP contribution in [-0.2, 0) is 4.79 Å². The summed E-state index contributed by atoms with van der Waals surface area (Å²) in [4.78, 5) is 11.2. The molecule has 21 heavy (non-hydrogen) atoms. The van der Waals surface area contributed by atoms with Gasteiger partial charge in [0.1, 0.15) is 5.82 Å². The zero-order valence-corrected chi connectivity index (χ0v) is 12.7. The molecule has 0 saturated carbocycles. The first-order valence-electron chi connectivity index (χ1n) is 6.37. The maximum atomic E-state index is 11.2. The fourth-order valence-corrected chi connectivity index (χ4v) is 3.02. The summed E-state index contributed by atoms with van der Waals surface area (Å²) in [5, 5.41) is 16.6. The van der Waals surface area contributed by atoms with Crippen LogP contribution in [0.15, 0.2) is 24.4 Å². The topological polar surface area (TPSA) is 77.6 Å². The summed E-state index contributed by atoms with van der Waals surface area (Å²) in [6, 6.07) is 5.79. The molecule has 8 heteroatoms. The van der Waals surface area contributed by atoms with Gasteiger partial charge in [-0.25, -0.2) is 0 Å². The molecule has 0 spiro atoms. The van der Waals surface area contributed by atoms with Gasteiger partial charge < -0.3 is 5.32 Å². The molecule has 1 amide bonds. The number of amides is 1. The van der Waals surface area contributed by atoms with Gasteiger partial charge in [-0.3, -0.25) is 9.36 Å². The van der Waals surface area contributed by atoms with Crippen molar-refractivity contribution in [3.63, 3.8) is 0 Å². The second-order valence-corrected chi connectivity index (χ2v) is 5.56. The van der Waals surface area contributed by atoms with Crippen molar-refractivity contribution in [1.82, 2.24) is 24.5 Å². The van der Waals surface area contributed by atoms with Crippen molar-refractivity contribution >= 4 is 23.1 Å². The van der Waals surface area contributed by atoms with E-state index >= 15 is 0 Å². The van der Waals surface area contributed by atoms with Gasteiger partial charge in [0, 0.05) is 24.4 Å². The minimum Gasteiger partial charge on any atom is -0.311 e. The van der Waals surface area contributed by atoms with Gasteiger partial charge in [-0.1, -0.05) is 11.3 Å². The first kappa shape index (κ1) is 13.5. The van der Waals surface area contributed by atoms with Crippen LogP contribution in [0.5, 0.6) is 0 Å². The Morgan fingerprint density at radius 3 is 2.48 bits per heavy atom. The highest BCUT2D eigenvalue weighted by molar-refractivity contribution is 7.16. The Morgan fingerprint density at radius 1 is 1.14 bits per heavy atom. The highest BCUT2D eigenvalue weighted by Crippen LogP contribution is 2.24. The largest absolute Gasteiger partial charge is 0.311 e. The van der Waals surface area contributed by atoms with Crippen LogP contribution in [0.25, 0.3) is 10.3 Å². The van der Waals surface area contributed by atoms with Crippen molar-refractivity contribution < 1.29 is 4.79 Å². The molecular weight excluding hydrogens is 288 g/mol. The van der Waals surface area contributed by atoms with Crippen LogP contribution in [0.1, 0.15) is 18.3 Å². The van der Waals surface area contributed by atoms with Crippen molar-refractivity contribution in [3.05, 3.63) is 35.8 Å². The standard InChI is InChI=1S/C13H14N6OS/c1-8-4-5-9(2)18(8)12-16-17-13(21-12)19-11(6-7-14-19)15-10(3)20/h4-7H,1-3H3,(H,15,20). The fourth-order valence-electron chi connectivity index (χ4n) is 2.08. The van der Waals surface area contributed by atoms with Gasteiger partial charge in [-0.05, 0) is 26.0 Å². The third kappa shape index (κ3) is 2.45. The van der Waals surface area contributed by atoms with E-state index in [1.54, 1.807) is 16.9 Å². The molecule has 0 aromatic carbocycles. The zero-order valence-electron chi connectivity index (χ0n) is 11.9.